The molecule has 0 saturated carbocycles. The van der Waals surface area contributed by atoms with E-state index < -0.39 is 0 Å². The van der Waals surface area contributed by atoms with Crippen LogP contribution in [-0.4, -0.2) is 29.3 Å². The van der Waals surface area contributed by atoms with Gasteiger partial charge in [0, 0.05) is 6.07 Å². The van der Waals surface area contributed by atoms with Gasteiger partial charge in [-0.05, 0) is 19.1 Å². The molecule has 4 heteroatoms. The van der Waals surface area contributed by atoms with E-state index in [1.54, 1.807) is 0 Å². The fraction of sp³-hybridized carbons (Fsp3) is 0.364. The molecule has 1 atom stereocenters. The molecule has 1 aliphatic rings. The number of fused-ring (bicyclic) bond motifs is 1. The zero-order valence-corrected chi connectivity index (χ0v) is 8.49. The van der Waals surface area contributed by atoms with Crippen LogP contribution in [0.2, 0.25) is 0 Å². The summed E-state index contributed by atoms with van der Waals surface area (Å²) in [5, 5.41) is 0. The van der Waals surface area contributed by atoms with Gasteiger partial charge >= 0.3 is 0 Å². The number of aromatic nitrogens is 2. The highest BCUT2D eigenvalue weighted by Gasteiger charge is 2.23. The maximum atomic E-state index is 5.57. The largest absolute Gasteiger partial charge is 0.491 e. The van der Waals surface area contributed by atoms with Crippen LogP contribution in [-0.2, 0) is 4.74 Å². The topological polar surface area (TPSA) is 50.4 Å². The normalized spacial score (nSPS) is 19.4. The summed E-state index contributed by atoms with van der Waals surface area (Å²) in [6.45, 7) is 3.41. The summed E-state index contributed by atoms with van der Waals surface area (Å²) in [6.07, 6.45) is 0.296. The average Bonchev–Trinajstić information content (AvgIpc) is 2.96. The fourth-order valence-electron chi connectivity index (χ4n) is 1.56. The first-order valence-electron chi connectivity index (χ1n) is 5.02. The molecule has 0 radical (unpaired) electrons. The molecule has 1 aromatic carbocycles. The lowest BCUT2D eigenvalue weighted by molar-refractivity contribution is 0.263. The lowest BCUT2D eigenvalue weighted by Crippen LogP contribution is -2.03. The van der Waals surface area contributed by atoms with Gasteiger partial charge in [-0.1, -0.05) is 0 Å². The van der Waals surface area contributed by atoms with Crippen molar-refractivity contribution in [1.82, 2.24) is 9.97 Å². The molecular formula is C11H12N2O2. The van der Waals surface area contributed by atoms with Crippen molar-refractivity contribution in [3.63, 3.8) is 0 Å². The van der Waals surface area contributed by atoms with Crippen molar-refractivity contribution in [2.24, 2.45) is 0 Å². The standard InChI is InChI=1S/C11H12N2O2/c1-7-12-10-3-2-8(4-11(10)13-7)14-5-9-6-15-9/h2-4,9H,5-6H2,1H3,(H,12,13)/t9-/m0/s1. The van der Waals surface area contributed by atoms with Crippen LogP contribution in [0.5, 0.6) is 5.75 Å². The van der Waals surface area contributed by atoms with Crippen molar-refractivity contribution in [3.05, 3.63) is 24.0 Å². The fourth-order valence-corrected chi connectivity index (χ4v) is 1.56. The average molecular weight is 204 g/mol. The number of nitrogens with zero attached hydrogens (tertiary/aromatic N) is 1. The Balaban J connectivity index is 1.84. The molecule has 0 unspecified atom stereocenters. The van der Waals surface area contributed by atoms with Crippen molar-refractivity contribution in [3.8, 4) is 5.75 Å². The minimum atomic E-state index is 0.296. The molecule has 4 nitrogen and oxygen atoms in total. The van der Waals surface area contributed by atoms with E-state index in [4.69, 9.17) is 9.47 Å². The molecule has 15 heavy (non-hydrogen) atoms. The van der Waals surface area contributed by atoms with E-state index >= 15 is 0 Å². The van der Waals surface area contributed by atoms with Crippen LogP contribution in [0.15, 0.2) is 18.2 Å². The number of aromatic amines is 1. The third kappa shape index (κ3) is 1.80. The Hall–Kier alpha value is -1.55. The Labute approximate surface area is 87.2 Å². The first-order chi connectivity index (χ1) is 7.31. The Morgan fingerprint density at radius 2 is 2.47 bits per heavy atom. The van der Waals surface area contributed by atoms with Gasteiger partial charge in [0.1, 0.15) is 24.3 Å². The highest BCUT2D eigenvalue weighted by molar-refractivity contribution is 5.76. The number of benzene rings is 1. The minimum absolute atomic E-state index is 0.296. The first-order valence-corrected chi connectivity index (χ1v) is 5.02. The second kappa shape index (κ2) is 3.24. The molecule has 1 aliphatic heterocycles. The molecule has 2 aromatic rings. The van der Waals surface area contributed by atoms with Crippen LogP contribution in [0.25, 0.3) is 11.0 Å². The molecule has 2 heterocycles. The molecule has 0 amide bonds. The number of hydrogen-bond donors (Lipinski definition) is 1. The number of hydrogen-bond acceptors (Lipinski definition) is 3. The van der Waals surface area contributed by atoms with Crippen molar-refractivity contribution >= 4 is 11.0 Å². The second-order valence-corrected chi connectivity index (χ2v) is 3.77. The summed E-state index contributed by atoms with van der Waals surface area (Å²) in [7, 11) is 0. The quantitative estimate of drug-likeness (QED) is 0.773. The van der Waals surface area contributed by atoms with E-state index in [0.29, 0.717) is 12.7 Å². The van der Waals surface area contributed by atoms with E-state index in [2.05, 4.69) is 9.97 Å². The van der Waals surface area contributed by atoms with Crippen LogP contribution in [0, 0.1) is 6.92 Å². The SMILES string of the molecule is Cc1nc2ccc(OC[C@H]3CO3)cc2[nH]1. The van der Waals surface area contributed by atoms with Gasteiger partial charge in [-0.25, -0.2) is 4.98 Å². The Morgan fingerprint density at radius 1 is 1.60 bits per heavy atom. The first kappa shape index (κ1) is 8.73. The summed E-state index contributed by atoms with van der Waals surface area (Å²) in [4.78, 5) is 7.51. The predicted molar refractivity (Wildman–Crippen MR) is 56.1 cm³/mol. The van der Waals surface area contributed by atoms with Crippen LogP contribution in [0.3, 0.4) is 0 Å². The van der Waals surface area contributed by atoms with Crippen molar-refractivity contribution in [1.29, 1.82) is 0 Å². The summed E-state index contributed by atoms with van der Waals surface area (Å²) in [5.74, 6) is 1.79. The van der Waals surface area contributed by atoms with Gasteiger partial charge in [0.2, 0.25) is 0 Å². The van der Waals surface area contributed by atoms with Crippen molar-refractivity contribution in [2.45, 2.75) is 13.0 Å². The highest BCUT2D eigenvalue weighted by atomic mass is 16.6. The maximum absolute atomic E-state index is 5.57. The molecule has 3 rings (SSSR count). The number of rotatable bonds is 3. The highest BCUT2D eigenvalue weighted by Crippen LogP contribution is 2.20. The zero-order valence-electron chi connectivity index (χ0n) is 8.49. The number of ether oxygens (including phenoxy) is 2. The predicted octanol–water partition coefficient (Wildman–Crippen LogP) is 1.65. The Bertz CT molecular complexity index is 488. The van der Waals surface area contributed by atoms with Gasteiger partial charge in [-0.3, -0.25) is 0 Å². The van der Waals surface area contributed by atoms with E-state index in [1.807, 2.05) is 25.1 Å². The van der Waals surface area contributed by atoms with Gasteiger partial charge in [0.25, 0.3) is 0 Å². The Morgan fingerprint density at radius 3 is 3.27 bits per heavy atom. The van der Waals surface area contributed by atoms with Gasteiger partial charge in [0.05, 0.1) is 17.6 Å². The molecule has 78 valence electrons. The van der Waals surface area contributed by atoms with E-state index in [-0.39, 0.29) is 0 Å². The molecule has 0 aliphatic carbocycles. The number of epoxide rings is 1. The molecule has 1 fully saturated rings. The van der Waals surface area contributed by atoms with Crippen molar-refractivity contribution < 1.29 is 9.47 Å². The van der Waals surface area contributed by atoms with E-state index in [1.165, 1.54) is 0 Å². The van der Waals surface area contributed by atoms with Crippen LogP contribution in [0.1, 0.15) is 5.82 Å². The smallest absolute Gasteiger partial charge is 0.121 e. The van der Waals surface area contributed by atoms with E-state index in [9.17, 15) is 0 Å². The maximum Gasteiger partial charge on any atom is 0.121 e. The van der Waals surface area contributed by atoms with Gasteiger partial charge in [-0.15, -0.1) is 0 Å². The number of imidazole rings is 1. The summed E-state index contributed by atoms with van der Waals surface area (Å²) in [6, 6.07) is 5.87. The number of H-pyrrole nitrogens is 1. The lowest BCUT2D eigenvalue weighted by Gasteiger charge is -2.02. The third-order valence-electron chi connectivity index (χ3n) is 2.41. The zero-order chi connectivity index (χ0) is 10.3. The van der Waals surface area contributed by atoms with Crippen LogP contribution in [0.4, 0.5) is 0 Å². The van der Waals surface area contributed by atoms with E-state index in [0.717, 1.165) is 29.2 Å². The molecular weight excluding hydrogens is 192 g/mol. The molecule has 1 saturated heterocycles. The monoisotopic (exact) mass is 204 g/mol. The lowest BCUT2D eigenvalue weighted by atomic mass is 10.3. The third-order valence-corrected chi connectivity index (χ3v) is 2.41. The summed E-state index contributed by atoms with van der Waals surface area (Å²) >= 11 is 0. The molecule has 1 aromatic heterocycles. The van der Waals surface area contributed by atoms with Gasteiger partial charge in [0.15, 0.2) is 0 Å². The van der Waals surface area contributed by atoms with Gasteiger partial charge < -0.3 is 14.5 Å². The Kier molecular flexibility index (Phi) is 1.89. The minimum Gasteiger partial charge on any atom is -0.491 e. The summed E-state index contributed by atoms with van der Waals surface area (Å²) in [5.41, 5.74) is 1.99. The van der Waals surface area contributed by atoms with Crippen LogP contribution < -0.4 is 4.74 Å². The molecule has 1 N–H and O–H groups in total. The molecule has 0 bridgehead atoms. The van der Waals surface area contributed by atoms with Crippen LogP contribution >= 0.6 is 0 Å². The summed E-state index contributed by atoms with van der Waals surface area (Å²) < 4.78 is 10.7. The number of aryl methyl sites for hydroxylation is 1. The molecule has 0 spiro atoms. The second-order valence-electron chi connectivity index (χ2n) is 3.77. The number of nitrogens with one attached hydrogen (secondary N) is 1. The van der Waals surface area contributed by atoms with Gasteiger partial charge in [-0.2, -0.15) is 0 Å². The van der Waals surface area contributed by atoms with Crippen molar-refractivity contribution in [2.75, 3.05) is 13.2 Å².